The lowest BCUT2D eigenvalue weighted by molar-refractivity contribution is -0.122. The molecule has 0 aliphatic heterocycles. The number of amides is 1. The molecule has 2 unspecified atom stereocenters. The summed E-state index contributed by atoms with van der Waals surface area (Å²) in [5.74, 6) is 2.00. The molecule has 1 fully saturated rings. The molecule has 1 aromatic rings. The molecule has 0 bridgehead atoms. The van der Waals surface area contributed by atoms with Gasteiger partial charge >= 0.3 is 0 Å². The van der Waals surface area contributed by atoms with Crippen molar-refractivity contribution >= 4 is 5.91 Å². The third-order valence-electron chi connectivity index (χ3n) is 4.01. The molecule has 0 aromatic carbocycles. The number of carbonyl (C=O) groups is 1. The Morgan fingerprint density at radius 1 is 1.35 bits per heavy atom. The van der Waals surface area contributed by atoms with Crippen molar-refractivity contribution in [1.82, 2.24) is 15.5 Å². The first-order valence-electron chi connectivity index (χ1n) is 7.80. The number of rotatable bonds is 6. The van der Waals surface area contributed by atoms with Crippen LogP contribution >= 0.6 is 0 Å². The molecule has 1 aliphatic carbocycles. The van der Waals surface area contributed by atoms with Crippen molar-refractivity contribution in [3.63, 3.8) is 0 Å². The highest BCUT2D eigenvalue weighted by atomic mass is 16.5. The summed E-state index contributed by atoms with van der Waals surface area (Å²) in [5.41, 5.74) is 0. The highest BCUT2D eigenvalue weighted by Crippen LogP contribution is 2.23. The summed E-state index contributed by atoms with van der Waals surface area (Å²) >= 11 is 0. The molecule has 1 saturated carbocycles. The van der Waals surface area contributed by atoms with E-state index >= 15 is 0 Å². The molecular weight excluding hydrogens is 254 g/mol. The summed E-state index contributed by atoms with van der Waals surface area (Å²) in [5, 5.41) is 7.04. The fourth-order valence-corrected chi connectivity index (χ4v) is 2.75. The SMILES string of the molecule is CCCc1noc(CCC(=O)NC2CCCCC2C)n1. The minimum atomic E-state index is 0.0963. The monoisotopic (exact) mass is 279 g/mol. The van der Waals surface area contributed by atoms with Crippen LogP contribution in [0, 0.1) is 5.92 Å². The first kappa shape index (κ1) is 15.0. The van der Waals surface area contributed by atoms with Gasteiger partial charge in [-0.2, -0.15) is 4.98 Å². The van der Waals surface area contributed by atoms with Gasteiger partial charge in [0.05, 0.1) is 0 Å². The van der Waals surface area contributed by atoms with Gasteiger partial charge in [0, 0.05) is 25.3 Å². The summed E-state index contributed by atoms with van der Waals surface area (Å²) in [6.07, 6.45) is 7.62. The highest BCUT2D eigenvalue weighted by Gasteiger charge is 2.22. The van der Waals surface area contributed by atoms with Gasteiger partial charge in [-0.15, -0.1) is 0 Å². The van der Waals surface area contributed by atoms with E-state index in [9.17, 15) is 4.79 Å². The molecule has 2 rings (SSSR count). The molecule has 0 saturated heterocycles. The third kappa shape index (κ3) is 4.32. The minimum Gasteiger partial charge on any atom is -0.353 e. The fraction of sp³-hybridized carbons (Fsp3) is 0.800. The zero-order valence-electron chi connectivity index (χ0n) is 12.5. The van der Waals surface area contributed by atoms with Gasteiger partial charge in [-0.1, -0.05) is 31.8 Å². The van der Waals surface area contributed by atoms with Gasteiger partial charge in [-0.05, 0) is 25.2 Å². The van der Waals surface area contributed by atoms with Crippen LogP contribution in [0.2, 0.25) is 0 Å². The molecule has 0 radical (unpaired) electrons. The van der Waals surface area contributed by atoms with E-state index in [1.165, 1.54) is 19.3 Å². The van der Waals surface area contributed by atoms with Gasteiger partial charge in [-0.25, -0.2) is 0 Å². The van der Waals surface area contributed by atoms with Gasteiger partial charge in [0.2, 0.25) is 11.8 Å². The topological polar surface area (TPSA) is 68.0 Å². The molecule has 0 spiro atoms. The number of hydrogen-bond acceptors (Lipinski definition) is 4. The van der Waals surface area contributed by atoms with Crippen LogP contribution < -0.4 is 5.32 Å². The van der Waals surface area contributed by atoms with Crippen molar-refractivity contribution in [1.29, 1.82) is 0 Å². The lowest BCUT2D eigenvalue weighted by Gasteiger charge is -2.29. The quantitative estimate of drug-likeness (QED) is 0.869. The van der Waals surface area contributed by atoms with Crippen LogP contribution in [-0.2, 0) is 17.6 Å². The van der Waals surface area contributed by atoms with E-state index < -0.39 is 0 Å². The summed E-state index contributed by atoms with van der Waals surface area (Å²) in [6.45, 7) is 4.30. The molecule has 5 heteroatoms. The van der Waals surface area contributed by atoms with Crippen LogP contribution in [0.4, 0.5) is 0 Å². The van der Waals surface area contributed by atoms with Gasteiger partial charge in [0.1, 0.15) is 0 Å². The molecule has 1 aromatic heterocycles. The van der Waals surface area contributed by atoms with E-state index in [0.717, 1.165) is 25.1 Å². The average molecular weight is 279 g/mol. The van der Waals surface area contributed by atoms with Crippen molar-refractivity contribution < 1.29 is 9.32 Å². The van der Waals surface area contributed by atoms with Crippen molar-refractivity contribution in [3.05, 3.63) is 11.7 Å². The van der Waals surface area contributed by atoms with Gasteiger partial charge in [0.25, 0.3) is 0 Å². The van der Waals surface area contributed by atoms with Crippen molar-refractivity contribution in [3.8, 4) is 0 Å². The van der Waals surface area contributed by atoms with Crippen molar-refractivity contribution in [2.24, 2.45) is 5.92 Å². The van der Waals surface area contributed by atoms with E-state index in [2.05, 4.69) is 29.3 Å². The Morgan fingerprint density at radius 3 is 2.90 bits per heavy atom. The summed E-state index contributed by atoms with van der Waals surface area (Å²) in [4.78, 5) is 16.2. The van der Waals surface area contributed by atoms with E-state index in [1.54, 1.807) is 0 Å². The van der Waals surface area contributed by atoms with Crippen LogP contribution in [0.5, 0.6) is 0 Å². The van der Waals surface area contributed by atoms with E-state index in [4.69, 9.17) is 4.52 Å². The predicted molar refractivity (Wildman–Crippen MR) is 76.2 cm³/mol. The van der Waals surface area contributed by atoms with E-state index in [-0.39, 0.29) is 5.91 Å². The Kier molecular flexibility index (Phi) is 5.56. The van der Waals surface area contributed by atoms with E-state index in [1.807, 2.05) is 0 Å². The first-order valence-corrected chi connectivity index (χ1v) is 7.80. The molecule has 5 nitrogen and oxygen atoms in total. The summed E-state index contributed by atoms with van der Waals surface area (Å²) < 4.78 is 5.14. The smallest absolute Gasteiger partial charge is 0.227 e. The average Bonchev–Trinajstić information content (AvgIpc) is 2.87. The van der Waals surface area contributed by atoms with Crippen LogP contribution in [0.3, 0.4) is 0 Å². The Labute approximate surface area is 120 Å². The maximum absolute atomic E-state index is 12.0. The van der Waals surface area contributed by atoms with Crippen LogP contribution in [0.1, 0.15) is 64.1 Å². The molecule has 1 heterocycles. The number of aryl methyl sites for hydroxylation is 2. The van der Waals surface area contributed by atoms with Gasteiger partial charge in [0.15, 0.2) is 5.82 Å². The highest BCUT2D eigenvalue weighted by molar-refractivity contribution is 5.76. The number of nitrogens with one attached hydrogen (secondary N) is 1. The maximum Gasteiger partial charge on any atom is 0.227 e. The predicted octanol–water partition coefficient (Wildman–Crippen LogP) is 2.65. The van der Waals surface area contributed by atoms with Crippen LogP contribution in [0.15, 0.2) is 4.52 Å². The van der Waals surface area contributed by atoms with Gasteiger partial charge in [-0.3, -0.25) is 4.79 Å². The lowest BCUT2D eigenvalue weighted by Crippen LogP contribution is -2.41. The van der Waals surface area contributed by atoms with Crippen LogP contribution in [-0.4, -0.2) is 22.1 Å². The largest absolute Gasteiger partial charge is 0.353 e. The molecule has 1 amide bonds. The summed E-state index contributed by atoms with van der Waals surface area (Å²) in [7, 11) is 0. The Morgan fingerprint density at radius 2 is 2.15 bits per heavy atom. The number of carbonyl (C=O) groups excluding carboxylic acids is 1. The normalized spacial score (nSPS) is 22.7. The molecule has 1 N–H and O–H groups in total. The standard InChI is InChI=1S/C15H25N3O2/c1-3-6-13-17-15(20-18-13)10-9-14(19)16-12-8-5-4-7-11(12)2/h11-12H,3-10H2,1-2H3,(H,16,19). The number of nitrogens with zero attached hydrogens (tertiary/aromatic N) is 2. The maximum atomic E-state index is 12.0. The number of aromatic nitrogens is 2. The molecule has 1 aliphatic rings. The van der Waals surface area contributed by atoms with Crippen molar-refractivity contribution in [2.45, 2.75) is 71.3 Å². The Bertz CT molecular complexity index is 431. The second-order valence-electron chi connectivity index (χ2n) is 5.79. The molecular formula is C15H25N3O2. The Hall–Kier alpha value is -1.39. The third-order valence-corrected chi connectivity index (χ3v) is 4.01. The lowest BCUT2D eigenvalue weighted by atomic mass is 9.86. The van der Waals surface area contributed by atoms with Gasteiger partial charge < -0.3 is 9.84 Å². The van der Waals surface area contributed by atoms with Crippen LogP contribution in [0.25, 0.3) is 0 Å². The molecule has 2 atom stereocenters. The summed E-state index contributed by atoms with van der Waals surface area (Å²) in [6, 6.07) is 0.342. The zero-order chi connectivity index (χ0) is 14.4. The zero-order valence-corrected chi connectivity index (χ0v) is 12.5. The number of hydrogen-bond donors (Lipinski definition) is 1. The van der Waals surface area contributed by atoms with Crippen molar-refractivity contribution in [2.75, 3.05) is 0 Å². The minimum absolute atomic E-state index is 0.0963. The molecule has 112 valence electrons. The first-order chi connectivity index (χ1) is 9.69. The second-order valence-corrected chi connectivity index (χ2v) is 5.79. The Balaban J connectivity index is 1.73. The fourth-order valence-electron chi connectivity index (χ4n) is 2.75. The molecule has 20 heavy (non-hydrogen) atoms. The van der Waals surface area contributed by atoms with E-state index in [0.29, 0.717) is 30.7 Å². The second kappa shape index (κ2) is 7.41.